The van der Waals surface area contributed by atoms with Gasteiger partial charge in [-0.3, -0.25) is 0 Å². The third-order valence-corrected chi connectivity index (χ3v) is 3.63. The second-order valence-electron chi connectivity index (χ2n) is 4.86. The summed E-state index contributed by atoms with van der Waals surface area (Å²) < 4.78 is 0. The third kappa shape index (κ3) is 2.47. The van der Waals surface area contributed by atoms with Gasteiger partial charge < -0.3 is 20.5 Å². The fourth-order valence-corrected chi connectivity index (χ4v) is 2.39. The van der Waals surface area contributed by atoms with E-state index in [-0.39, 0.29) is 0 Å². The van der Waals surface area contributed by atoms with E-state index in [4.69, 9.17) is 16.5 Å². The fraction of sp³-hybridized carbons (Fsp3) is 0.692. The van der Waals surface area contributed by atoms with Crippen LogP contribution in [-0.4, -0.2) is 18.1 Å². The molecule has 18 heavy (non-hydrogen) atoms. The molecule has 0 fully saturated rings. The number of aromatic amines is 1. The van der Waals surface area contributed by atoms with Gasteiger partial charge in [0.2, 0.25) is 5.88 Å². The number of rotatable bonds is 6. The molecule has 0 aliphatic rings. The Kier molecular flexibility index (Phi) is 4.65. The SMILES string of the molecule is CCN(CC)c1c(ON)[nH]c(C)c1C(C)(N)CC. The van der Waals surface area contributed by atoms with Crippen LogP contribution < -0.4 is 21.4 Å². The molecule has 5 N–H and O–H groups in total. The standard InChI is InChI=1S/C13H26N4O/c1-6-13(5,14)10-9(4)16-12(18-15)11(10)17(7-2)8-3/h16H,6-8,14-15H2,1-5H3. The number of nitrogens with zero attached hydrogens (tertiary/aromatic N) is 1. The van der Waals surface area contributed by atoms with Crippen molar-refractivity contribution in [3.8, 4) is 5.88 Å². The first-order valence-electron chi connectivity index (χ1n) is 6.56. The minimum absolute atomic E-state index is 0.394. The van der Waals surface area contributed by atoms with Crippen LogP contribution in [0.3, 0.4) is 0 Å². The fourth-order valence-electron chi connectivity index (χ4n) is 2.39. The van der Waals surface area contributed by atoms with E-state index in [2.05, 4.69) is 30.7 Å². The van der Waals surface area contributed by atoms with Crippen LogP contribution in [0.4, 0.5) is 5.69 Å². The Bertz CT molecular complexity index is 394. The largest absolute Gasteiger partial charge is 0.391 e. The summed E-state index contributed by atoms with van der Waals surface area (Å²) in [6.07, 6.45) is 0.851. The molecule has 0 bridgehead atoms. The predicted molar refractivity (Wildman–Crippen MR) is 75.7 cm³/mol. The number of aryl methyl sites for hydroxylation is 1. The monoisotopic (exact) mass is 254 g/mol. The number of aromatic nitrogens is 1. The summed E-state index contributed by atoms with van der Waals surface area (Å²) in [7, 11) is 0. The molecule has 0 saturated heterocycles. The molecule has 104 valence electrons. The highest BCUT2D eigenvalue weighted by Crippen LogP contribution is 2.40. The van der Waals surface area contributed by atoms with Crippen LogP contribution in [-0.2, 0) is 5.54 Å². The maximum atomic E-state index is 6.41. The molecule has 1 aromatic rings. The summed E-state index contributed by atoms with van der Waals surface area (Å²) >= 11 is 0. The lowest BCUT2D eigenvalue weighted by Gasteiger charge is -2.29. The number of hydrogen-bond acceptors (Lipinski definition) is 4. The second-order valence-corrected chi connectivity index (χ2v) is 4.86. The lowest BCUT2D eigenvalue weighted by atomic mass is 9.89. The maximum Gasteiger partial charge on any atom is 0.239 e. The zero-order valence-corrected chi connectivity index (χ0v) is 12.1. The highest BCUT2D eigenvalue weighted by atomic mass is 16.6. The minimum atomic E-state index is -0.394. The van der Waals surface area contributed by atoms with Gasteiger partial charge in [0.15, 0.2) is 0 Å². The number of nitrogens with one attached hydrogen (secondary N) is 1. The molecule has 1 heterocycles. The maximum absolute atomic E-state index is 6.41. The van der Waals surface area contributed by atoms with Gasteiger partial charge in [-0.15, -0.1) is 0 Å². The summed E-state index contributed by atoms with van der Waals surface area (Å²) in [5.41, 5.74) is 9.12. The quantitative estimate of drug-likeness (QED) is 0.678. The van der Waals surface area contributed by atoms with Gasteiger partial charge in [0, 0.05) is 29.9 Å². The molecule has 1 aromatic heterocycles. The van der Waals surface area contributed by atoms with Crippen molar-refractivity contribution in [3.05, 3.63) is 11.3 Å². The number of H-pyrrole nitrogens is 1. The Morgan fingerprint density at radius 1 is 1.28 bits per heavy atom. The summed E-state index contributed by atoms with van der Waals surface area (Å²) in [5.74, 6) is 5.96. The predicted octanol–water partition coefficient (Wildman–Crippen LogP) is 2.01. The van der Waals surface area contributed by atoms with Crippen molar-refractivity contribution in [3.63, 3.8) is 0 Å². The van der Waals surface area contributed by atoms with Crippen molar-refractivity contribution < 1.29 is 4.84 Å². The molecule has 0 aromatic carbocycles. The van der Waals surface area contributed by atoms with Crippen LogP contribution in [0.1, 0.15) is 45.4 Å². The zero-order chi connectivity index (χ0) is 13.9. The van der Waals surface area contributed by atoms with Crippen molar-refractivity contribution in [2.75, 3.05) is 18.0 Å². The Balaban J connectivity index is 3.44. The lowest BCUT2D eigenvalue weighted by Crippen LogP contribution is -2.35. The normalized spacial score (nSPS) is 14.4. The van der Waals surface area contributed by atoms with Crippen LogP contribution in [0.15, 0.2) is 0 Å². The van der Waals surface area contributed by atoms with E-state index < -0.39 is 5.54 Å². The summed E-state index contributed by atoms with van der Waals surface area (Å²) in [6, 6.07) is 0. The Hall–Kier alpha value is -1.20. The first-order chi connectivity index (χ1) is 8.42. The number of hydrogen-bond donors (Lipinski definition) is 3. The number of nitrogens with two attached hydrogens (primary N) is 2. The average molecular weight is 254 g/mol. The van der Waals surface area contributed by atoms with Crippen LogP contribution in [0.25, 0.3) is 0 Å². The molecular formula is C13H26N4O. The molecule has 0 radical (unpaired) electrons. The Morgan fingerprint density at radius 2 is 1.83 bits per heavy atom. The average Bonchev–Trinajstić information content (AvgIpc) is 2.68. The Labute approximate surface area is 109 Å². The molecule has 5 heteroatoms. The first kappa shape index (κ1) is 14.9. The van der Waals surface area contributed by atoms with Gasteiger partial charge in [0.05, 0.1) is 0 Å². The molecule has 0 aliphatic carbocycles. The van der Waals surface area contributed by atoms with Crippen molar-refractivity contribution in [1.82, 2.24) is 4.98 Å². The molecule has 0 aliphatic heterocycles. The smallest absolute Gasteiger partial charge is 0.239 e. The van der Waals surface area contributed by atoms with Gasteiger partial charge >= 0.3 is 0 Å². The van der Waals surface area contributed by atoms with Crippen LogP contribution in [0, 0.1) is 6.92 Å². The molecule has 1 atom stereocenters. The van der Waals surface area contributed by atoms with Gasteiger partial charge in [0.25, 0.3) is 0 Å². The van der Waals surface area contributed by atoms with Crippen LogP contribution in [0.2, 0.25) is 0 Å². The van der Waals surface area contributed by atoms with Crippen molar-refractivity contribution in [2.24, 2.45) is 11.6 Å². The first-order valence-corrected chi connectivity index (χ1v) is 6.56. The van der Waals surface area contributed by atoms with Gasteiger partial charge in [-0.05, 0) is 34.1 Å². The zero-order valence-electron chi connectivity index (χ0n) is 12.1. The summed E-state index contributed by atoms with van der Waals surface area (Å²) in [4.78, 5) is 10.4. The van der Waals surface area contributed by atoms with E-state index in [0.29, 0.717) is 5.88 Å². The van der Waals surface area contributed by atoms with E-state index in [1.165, 1.54) is 0 Å². The second kappa shape index (κ2) is 5.63. The minimum Gasteiger partial charge on any atom is -0.391 e. The molecule has 0 amide bonds. The van der Waals surface area contributed by atoms with Crippen molar-refractivity contribution in [2.45, 2.75) is 46.6 Å². The van der Waals surface area contributed by atoms with Gasteiger partial charge in [0.1, 0.15) is 5.69 Å². The van der Waals surface area contributed by atoms with E-state index >= 15 is 0 Å². The van der Waals surface area contributed by atoms with Crippen LogP contribution >= 0.6 is 0 Å². The molecule has 1 rings (SSSR count). The highest BCUT2D eigenvalue weighted by molar-refractivity contribution is 5.66. The van der Waals surface area contributed by atoms with E-state index in [1.54, 1.807) is 0 Å². The molecular weight excluding hydrogens is 228 g/mol. The highest BCUT2D eigenvalue weighted by Gasteiger charge is 2.31. The van der Waals surface area contributed by atoms with E-state index in [9.17, 15) is 0 Å². The van der Waals surface area contributed by atoms with Gasteiger partial charge in [-0.2, -0.15) is 5.90 Å². The topological polar surface area (TPSA) is 80.3 Å². The Morgan fingerprint density at radius 3 is 2.22 bits per heavy atom. The van der Waals surface area contributed by atoms with E-state index in [1.807, 2.05) is 13.8 Å². The lowest BCUT2D eigenvalue weighted by molar-refractivity contribution is 0.322. The molecule has 5 nitrogen and oxygen atoms in total. The van der Waals surface area contributed by atoms with Crippen molar-refractivity contribution >= 4 is 5.69 Å². The molecule has 0 saturated carbocycles. The van der Waals surface area contributed by atoms with Crippen LogP contribution in [0.5, 0.6) is 5.88 Å². The third-order valence-electron chi connectivity index (χ3n) is 3.63. The van der Waals surface area contributed by atoms with Gasteiger partial charge in [-0.25, -0.2) is 0 Å². The van der Waals surface area contributed by atoms with E-state index in [0.717, 1.165) is 36.5 Å². The van der Waals surface area contributed by atoms with Crippen molar-refractivity contribution in [1.29, 1.82) is 0 Å². The number of anilines is 1. The molecule has 0 spiro atoms. The molecule has 1 unspecified atom stereocenters. The summed E-state index contributed by atoms with van der Waals surface area (Å²) in [5, 5.41) is 0. The summed E-state index contributed by atoms with van der Waals surface area (Å²) in [6.45, 7) is 12.1. The van der Waals surface area contributed by atoms with Gasteiger partial charge in [-0.1, -0.05) is 6.92 Å².